The summed E-state index contributed by atoms with van der Waals surface area (Å²) < 4.78 is 6.90. The van der Waals surface area contributed by atoms with Gasteiger partial charge in [0.15, 0.2) is 0 Å². The summed E-state index contributed by atoms with van der Waals surface area (Å²) in [5.74, 6) is 0. The molecule has 0 saturated carbocycles. The fourth-order valence-corrected chi connectivity index (χ4v) is 5.09. The molecule has 1 nitrogen and oxygen atoms in total. The van der Waals surface area contributed by atoms with Gasteiger partial charge in [0, 0.05) is 0 Å². The fraction of sp³-hybridized carbons (Fsp3) is 1.00. The minimum Gasteiger partial charge on any atom is -0.375 e. The van der Waals surface area contributed by atoms with Gasteiger partial charge in [-0.25, -0.2) is 0 Å². The zero-order valence-corrected chi connectivity index (χ0v) is 23.9. The molecule has 200 valence electrons. The van der Waals surface area contributed by atoms with Gasteiger partial charge in [0.05, 0.1) is 12.2 Å². The molecule has 2 atom stereocenters. The topological polar surface area (TPSA) is 9.23 Å². The van der Waals surface area contributed by atoms with Crippen LogP contribution in [0.2, 0.25) is 0 Å². The van der Waals surface area contributed by atoms with Crippen molar-refractivity contribution in [3.8, 4) is 0 Å². The Morgan fingerprint density at radius 3 is 0.788 bits per heavy atom. The summed E-state index contributed by atoms with van der Waals surface area (Å²) in [4.78, 5) is 0. The molecule has 0 aromatic heterocycles. The maximum Gasteiger partial charge on any atom is 0.0578 e. The molecule has 0 spiro atoms. The summed E-state index contributed by atoms with van der Waals surface area (Å²) in [5, 5.41) is 0. The molecule has 33 heavy (non-hydrogen) atoms. The average molecular weight is 467 g/mol. The van der Waals surface area contributed by atoms with Crippen molar-refractivity contribution >= 4 is 0 Å². The van der Waals surface area contributed by atoms with Crippen molar-refractivity contribution in [3.63, 3.8) is 0 Å². The van der Waals surface area contributed by atoms with E-state index >= 15 is 0 Å². The molecule has 0 N–H and O–H groups in total. The molecule has 0 aliphatic heterocycles. The second-order valence-electron chi connectivity index (χ2n) is 10.9. The standard InChI is InChI=1S/C32H66O/c1-5-9-13-17-19-21-25-29-31(27-23-15-11-7-3)33-32(28-24-16-12-8-4)30-26-22-20-18-14-10-6-2/h31-32H,5-30H2,1-4H3. The molecule has 0 aliphatic rings. The molecule has 2 unspecified atom stereocenters. The minimum atomic E-state index is 0.526. The number of rotatable bonds is 28. The van der Waals surface area contributed by atoms with Crippen LogP contribution in [0.25, 0.3) is 0 Å². The molecule has 0 heterocycles. The second-order valence-corrected chi connectivity index (χ2v) is 10.9. The van der Waals surface area contributed by atoms with Gasteiger partial charge in [-0.1, -0.05) is 169 Å². The van der Waals surface area contributed by atoms with Crippen molar-refractivity contribution in [2.45, 2.75) is 207 Å². The largest absolute Gasteiger partial charge is 0.375 e. The van der Waals surface area contributed by atoms with Crippen molar-refractivity contribution in [2.75, 3.05) is 0 Å². The molecule has 0 aliphatic carbocycles. The van der Waals surface area contributed by atoms with Crippen molar-refractivity contribution in [1.82, 2.24) is 0 Å². The van der Waals surface area contributed by atoms with Crippen LogP contribution in [0.5, 0.6) is 0 Å². The molecule has 0 saturated heterocycles. The first-order chi connectivity index (χ1) is 16.3. The summed E-state index contributed by atoms with van der Waals surface area (Å²) in [6.45, 7) is 9.26. The average Bonchev–Trinajstić information content (AvgIpc) is 2.82. The third-order valence-corrected chi connectivity index (χ3v) is 7.40. The van der Waals surface area contributed by atoms with Gasteiger partial charge in [-0.3, -0.25) is 0 Å². The summed E-state index contributed by atoms with van der Waals surface area (Å²) in [6, 6.07) is 0. The monoisotopic (exact) mass is 467 g/mol. The van der Waals surface area contributed by atoms with Gasteiger partial charge in [-0.05, 0) is 25.7 Å². The van der Waals surface area contributed by atoms with Gasteiger partial charge in [-0.15, -0.1) is 0 Å². The molecular weight excluding hydrogens is 400 g/mol. The lowest BCUT2D eigenvalue weighted by Gasteiger charge is -2.26. The SMILES string of the molecule is CCCCCCCCCC(CCCCCC)OC(CCCCCC)CCCCCCCCC. The molecule has 0 aromatic carbocycles. The predicted octanol–water partition coefficient (Wildman–Crippen LogP) is 12.0. The van der Waals surface area contributed by atoms with Crippen LogP contribution >= 0.6 is 0 Å². The number of hydrogen-bond acceptors (Lipinski definition) is 1. The van der Waals surface area contributed by atoms with Crippen LogP contribution in [0, 0.1) is 0 Å². The van der Waals surface area contributed by atoms with E-state index in [1.54, 1.807) is 0 Å². The summed E-state index contributed by atoms with van der Waals surface area (Å²) >= 11 is 0. The molecule has 0 radical (unpaired) electrons. The predicted molar refractivity (Wildman–Crippen MR) is 151 cm³/mol. The molecule has 1 heteroatoms. The summed E-state index contributed by atoms with van der Waals surface area (Å²) in [6.07, 6.45) is 37.0. The van der Waals surface area contributed by atoms with Gasteiger partial charge in [0.1, 0.15) is 0 Å². The van der Waals surface area contributed by atoms with Crippen LogP contribution in [0.15, 0.2) is 0 Å². The smallest absolute Gasteiger partial charge is 0.0578 e. The maximum atomic E-state index is 6.90. The van der Waals surface area contributed by atoms with E-state index in [0.717, 1.165) is 0 Å². The Hall–Kier alpha value is -0.0400. The zero-order chi connectivity index (χ0) is 24.2. The lowest BCUT2D eigenvalue weighted by molar-refractivity contribution is -0.0324. The van der Waals surface area contributed by atoms with E-state index < -0.39 is 0 Å². The van der Waals surface area contributed by atoms with E-state index in [4.69, 9.17) is 4.74 Å². The first-order valence-corrected chi connectivity index (χ1v) is 15.9. The van der Waals surface area contributed by atoms with Crippen LogP contribution in [-0.4, -0.2) is 12.2 Å². The first kappa shape index (κ1) is 33.0. The van der Waals surface area contributed by atoms with Crippen LogP contribution < -0.4 is 0 Å². The summed E-state index contributed by atoms with van der Waals surface area (Å²) in [7, 11) is 0. The summed E-state index contributed by atoms with van der Waals surface area (Å²) in [5.41, 5.74) is 0. The van der Waals surface area contributed by atoms with Crippen LogP contribution in [0.1, 0.15) is 195 Å². The van der Waals surface area contributed by atoms with E-state index in [2.05, 4.69) is 27.7 Å². The van der Waals surface area contributed by atoms with Crippen LogP contribution in [-0.2, 0) is 4.74 Å². The van der Waals surface area contributed by atoms with Crippen LogP contribution in [0.3, 0.4) is 0 Å². The van der Waals surface area contributed by atoms with E-state index in [0.29, 0.717) is 12.2 Å². The Balaban J connectivity index is 4.46. The number of hydrogen-bond donors (Lipinski definition) is 0. The Labute approximate surface area is 211 Å². The number of ether oxygens (including phenoxy) is 1. The van der Waals surface area contributed by atoms with Gasteiger partial charge in [0.2, 0.25) is 0 Å². The second kappa shape index (κ2) is 28.2. The lowest BCUT2D eigenvalue weighted by atomic mass is 9.99. The quantitative estimate of drug-likeness (QED) is 0.104. The fourth-order valence-electron chi connectivity index (χ4n) is 5.09. The van der Waals surface area contributed by atoms with Crippen molar-refractivity contribution in [1.29, 1.82) is 0 Å². The Morgan fingerprint density at radius 1 is 0.303 bits per heavy atom. The molecule has 0 aromatic rings. The third-order valence-electron chi connectivity index (χ3n) is 7.40. The van der Waals surface area contributed by atoms with Crippen molar-refractivity contribution in [3.05, 3.63) is 0 Å². The molecule has 0 fully saturated rings. The van der Waals surface area contributed by atoms with Gasteiger partial charge in [-0.2, -0.15) is 0 Å². The van der Waals surface area contributed by atoms with Crippen LogP contribution in [0.4, 0.5) is 0 Å². The molecular formula is C32H66O. The molecule has 0 rings (SSSR count). The third kappa shape index (κ3) is 24.9. The number of unbranched alkanes of at least 4 members (excludes halogenated alkanes) is 18. The Morgan fingerprint density at radius 2 is 0.515 bits per heavy atom. The minimum absolute atomic E-state index is 0.526. The van der Waals surface area contributed by atoms with E-state index in [-0.39, 0.29) is 0 Å². The van der Waals surface area contributed by atoms with Crippen molar-refractivity contribution in [2.24, 2.45) is 0 Å². The highest BCUT2D eigenvalue weighted by Gasteiger charge is 2.16. The van der Waals surface area contributed by atoms with E-state index in [1.165, 1.54) is 167 Å². The highest BCUT2D eigenvalue weighted by Crippen LogP contribution is 2.23. The zero-order valence-electron chi connectivity index (χ0n) is 23.9. The first-order valence-electron chi connectivity index (χ1n) is 15.9. The maximum absolute atomic E-state index is 6.90. The Kier molecular flexibility index (Phi) is 28.2. The highest BCUT2D eigenvalue weighted by atomic mass is 16.5. The lowest BCUT2D eigenvalue weighted by Crippen LogP contribution is -2.23. The van der Waals surface area contributed by atoms with Gasteiger partial charge < -0.3 is 4.74 Å². The Bertz CT molecular complexity index is 307. The molecule has 0 bridgehead atoms. The van der Waals surface area contributed by atoms with Gasteiger partial charge >= 0.3 is 0 Å². The van der Waals surface area contributed by atoms with E-state index in [1.807, 2.05) is 0 Å². The van der Waals surface area contributed by atoms with E-state index in [9.17, 15) is 0 Å². The molecule has 0 amide bonds. The van der Waals surface area contributed by atoms with Gasteiger partial charge in [0.25, 0.3) is 0 Å². The normalized spacial score (nSPS) is 13.5. The highest BCUT2D eigenvalue weighted by molar-refractivity contribution is 4.67. The van der Waals surface area contributed by atoms with Crippen molar-refractivity contribution < 1.29 is 4.74 Å².